The van der Waals surface area contributed by atoms with E-state index in [1.165, 1.54) is 6.42 Å². The summed E-state index contributed by atoms with van der Waals surface area (Å²) in [4.78, 5) is 13.1. The molecule has 1 heterocycles. The van der Waals surface area contributed by atoms with Gasteiger partial charge in [0.15, 0.2) is 0 Å². The van der Waals surface area contributed by atoms with Gasteiger partial charge in [-0.05, 0) is 32.5 Å². The molecule has 4 nitrogen and oxygen atoms in total. The van der Waals surface area contributed by atoms with Crippen LogP contribution in [0.5, 0.6) is 5.75 Å². The molecule has 1 aromatic carbocycles. The highest BCUT2D eigenvalue weighted by Gasteiger charge is 2.21. The lowest BCUT2D eigenvalue weighted by Crippen LogP contribution is -2.30. The first kappa shape index (κ1) is 12.9. The third-order valence-corrected chi connectivity index (χ3v) is 3.42. The number of rotatable bonds is 5. The maximum absolute atomic E-state index is 10.8. The Balaban J connectivity index is 1.97. The Morgan fingerprint density at radius 1 is 1.50 bits per heavy atom. The summed E-state index contributed by atoms with van der Waals surface area (Å²) in [7, 11) is 2.10. The van der Waals surface area contributed by atoms with E-state index in [0.29, 0.717) is 18.4 Å². The molecule has 18 heavy (non-hydrogen) atoms. The van der Waals surface area contributed by atoms with Crippen LogP contribution in [0.4, 0.5) is 0 Å². The number of carboxylic acid groups (broad SMARTS) is 1. The molecule has 0 amide bonds. The van der Waals surface area contributed by atoms with Gasteiger partial charge in [-0.25, -0.2) is 0 Å². The Kier molecular flexibility index (Phi) is 4.20. The highest BCUT2D eigenvalue weighted by Crippen LogP contribution is 2.21. The van der Waals surface area contributed by atoms with E-state index in [1.807, 2.05) is 24.3 Å². The fourth-order valence-corrected chi connectivity index (χ4v) is 2.33. The number of carbonyl (C=O) groups is 1. The lowest BCUT2D eigenvalue weighted by atomic mass is 10.1. The van der Waals surface area contributed by atoms with Crippen LogP contribution in [-0.4, -0.2) is 42.2 Å². The normalized spacial score (nSPS) is 19.9. The molecular formula is C14H19NO3. The van der Waals surface area contributed by atoms with Crippen molar-refractivity contribution in [3.8, 4) is 5.75 Å². The van der Waals surface area contributed by atoms with Gasteiger partial charge in [0, 0.05) is 11.6 Å². The Bertz CT molecular complexity index is 419. The highest BCUT2D eigenvalue weighted by molar-refractivity contribution is 5.71. The minimum absolute atomic E-state index is 0.0106. The Morgan fingerprint density at radius 2 is 2.28 bits per heavy atom. The van der Waals surface area contributed by atoms with Gasteiger partial charge in [0.1, 0.15) is 12.4 Å². The van der Waals surface area contributed by atoms with Gasteiger partial charge in [0.2, 0.25) is 0 Å². The average Bonchev–Trinajstić information content (AvgIpc) is 2.73. The van der Waals surface area contributed by atoms with E-state index in [1.54, 1.807) is 0 Å². The molecule has 1 saturated heterocycles. The number of nitrogens with zero attached hydrogens (tertiary/aromatic N) is 1. The molecule has 0 aromatic heterocycles. The van der Waals surface area contributed by atoms with E-state index >= 15 is 0 Å². The summed E-state index contributed by atoms with van der Waals surface area (Å²) < 4.78 is 5.79. The summed E-state index contributed by atoms with van der Waals surface area (Å²) in [5.74, 6) is -0.135. The molecule has 0 spiro atoms. The maximum atomic E-state index is 10.8. The number of aliphatic carboxylic acids is 1. The van der Waals surface area contributed by atoms with Gasteiger partial charge in [0.25, 0.3) is 0 Å². The number of benzene rings is 1. The van der Waals surface area contributed by atoms with Crippen molar-refractivity contribution >= 4 is 5.97 Å². The van der Waals surface area contributed by atoms with E-state index in [2.05, 4.69) is 11.9 Å². The monoisotopic (exact) mass is 249 g/mol. The fraction of sp³-hybridized carbons (Fsp3) is 0.500. The quantitative estimate of drug-likeness (QED) is 0.864. The van der Waals surface area contributed by atoms with Crippen molar-refractivity contribution in [3.63, 3.8) is 0 Å². The van der Waals surface area contributed by atoms with E-state index in [0.717, 1.165) is 18.5 Å². The van der Waals surface area contributed by atoms with Crippen LogP contribution < -0.4 is 4.74 Å². The molecule has 0 bridgehead atoms. The molecule has 1 atom stereocenters. The van der Waals surface area contributed by atoms with Gasteiger partial charge in [-0.1, -0.05) is 18.2 Å². The van der Waals surface area contributed by atoms with Gasteiger partial charge in [-0.15, -0.1) is 0 Å². The molecule has 4 heteroatoms. The molecule has 1 aromatic rings. The number of hydrogen-bond acceptors (Lipinski definition) is 3. The molecule has 1 aliphatic rings. The number of para-hydroxylation sites is 1. The van der Waals surface area contributed by atoms with Gasteiger partial charge in [0.05, 0.1) is 6.42 Å². The zero-order valence-corrected chi connectivity index (χ0v) is 10.6. The topological polar surface area (TPSA) is 49.8 Å². The number of carboxylic acids is 1. The van der Waals surface area contributed by atoms with E-state index in [4.69, 9.17) is 9.84 Å². The smallest absolute Gasteiger partial charge is 0.307 e. The summed E-state index contributed by atoms with van der Waals surface area (Å²) in [6, 6.07) is 7.81. The van der Waals surface area contributed by atoms with Crippen LogP contribution in [0, 0.1) is 0 Å². The predicted octanol–water partition coefficient (Wildman–Crippen LogP) is 1.79. The zero-order chi connectivity index (χ0) is 13.0. The van der Waals surface area contributed by atoms with Crippen molar-refractivity contribution in [1.29, 1.82) is 0 Å². The number of hydrogen-bond donors (Lipinski definition) is 1. The number of likely N-dealkylation sites (tertiary alicyclic amines) is 1. The van der Waals surface area contributed by atoms with Crippen LogP contribution in [0.25, 0.3) is 0 Å². The van der Waals surface area contributed by atoms with Gasteiger partial charge >= 0.3 is 5.97 Å². The van der Waals surface area contributed by atoms with E-state index in [9.17, 15) is 4.79 Å². The first-order valence-corrected chi connectivity index (χ1v) is 6.29. The van der Waals surface area contributed by atoms with E-state index in [-0.39, 0.29) is 6.42 Å². The predicted molar refractivity (Wildman–Crippen MR) is 68.9 cm³/mol. The van der Waals surface area contributed by atoms with Crippen LogP contribution in [0.3, 0.4) is 0 Å². The summed E-state index contributed by atoms with van der Waals surface area (Å²) in [6.07, 6.45) is 2.37. The minimum atomic E-state index is -0.830. The van der Waals surface area contributed by atoms with Crippen LogP contribution in [0.2, 0.25) is 0 Å². The van der Waals surface area contributed by atoms with Crippen LogP contribution >= 0.6 is 0 Å². The van der Waals surface area contributed by atoms with Crippen LogP contribution in [-0.2, 0) is 11.2 Å². The lowest BCUT2D eigenvalue weighted by molar-refractivity contribution is -0.136. The highest BCUT2D eigenvalue weighted by atomic mass is 16.5. The van der Waals surface area contributed by atoms with Crippen molar-refractivity contribution < 1.29 is 14.6 Å². The summed E-state index contributed by atoms with van der Waals surface area (Å²) in [5.41, 5.74) is 0.741. The van der Waals surface area contributed by atoms with E-state index < -0.39 is 5.97 Å². The van der Waals surface area contributed by atoms with Crippen LogP contribution in [0.15, 0.2) is 24.3 Å². The second-order valence-electron chi connectivity index (χ2n) is 4.77. The molecule has 0 aliphatic carbocycles. The minimum Gasteiger partial charge on any atom is -0.492 e. The van der Waals surface area contributed by atoms with Crippen molar-refractivity contribution in [3.05, 3.63) is 29.8 Å². The van der Waals surface area contributed by atoms with Crippen LogP contribution in [0.1, 0.15) is 18.4 Å². The van der Waals surface area contributed by atoms with Crippen molar-refractivity contribution in [2.24, 2.45) is 0 Å². The third kappa shape index (κ3) is 3.23. The molecule has 0 unspecified atom stereocenters. The largest absolute Gasteiger partial charge is 0.492 e. The van der Waals surface area contributed by atoms with Crippen molar-refractivity contribution in [2.75, 3.05) is 20.2 Å². The molecule has 2 rings (SSSR count). The molecule has 1 N–H and O–H groups in total. The second-order valence-corrected chi connectivity index (χ2v) is 4.77. The molecule has 0 saturated carbocycles. The molecule has 1 aliphatic heterocycles. The molecular weight excluding hydrogens is 230 g/mol. The molecule has 98 valence electrons. The summed E-state index contributed by atoms with van der Waals surface area (Å²) in [6.45, 7) is 1.75. The summed E-state index contributed by atoms with van der Waals surface area (Å²) in [5, 5.41) is 8.85. The fourth-order valence-electron chi connectivity index (χ4n) is 2.33. The van der Waals surface area contributed by atoms with Crippen molar-refractivity contribution in [1.82, 2.24) is 4.90 Å². The average molecular weight is 249 g/mol. The van der Waals surface area contributed by atoms with Gasteiger partial charge in [-0.2, -0.15) is 0 Å². The first-order chi connectivity index (χ1) is 8.66. The molecule has 0 radical (unpaired) electrons. The Morgan fingerprint density at radius 3 is 2.94 bits per heavy atom. The second kappa shape index (κ2) is 5.87. The Hall–Kier alpha value is -1.55. The lowest BCUT2D eigenvalue weighted by Gasteiger charge is -2.20. The SMILES string of the molecule is CN1CCC[C@H]1COc1ccccc1CC(=O)O. The zero-order valence-electron chi connectivity index (χ0n) is 10.6. The number of likely N-dealkylation sites (N-methyl/N-ethyl adjacent to an activating group) is 1. The van der Waals surface area contributed by atoms with Gasteiger partial charge < -0.3 is 14.7 Å². The van der Waals surface area contributed by atoms with Crippen molar-refractivity contribution in [2.45, 2.75) is 25.3 Å². The number of ether oxygens (including phenoxy) is 1. The first-order valence-electron chi connectivity index (χ1n) is 6.29. The third-order valence-electron chi connectivity index (χ3n) is 3.42. The maximum Gasteiger partial charge on any atom is 0.307 e. The van der Waals surface area contributed by atoms with Gasteiger partial charge in [-0.3, -0.25) is 4.79 Å². The standard InChI is InChI=1S/C14H19NO3/c1-15-8-4-6-12(15)10-18-13-7-3-2-5-11(13)9-14(16)17/h2-3,5,7,12H,4,6,8-10H2,1H3,(H,16,17)/t12-/m0/s1. The molecule has 1 fully saturated rings. The Labute approximate surface area is 107 Å². The summed E-state index contributed by atoms with van der Waals surface area (Å²) >= 11 is 0.